The molecule has 2 saturated heterocycles. The average molecular weight is 289 g/mol. The van der Waals surface area contributed by atoms with Crippen LogP contribution in [0.1, 0.15) is 45.4 Å². The van der Waals surface area contributed by atoms with E-state index in [4.69, 9.17) is 4.74 Å². The third kappa shape index (κ3) is 3.23. The summed E-state index contributed by atoms with van der Waals surface area (Å²) in [7, 11) is 0. The van der Waals surface area contributed by atoms with Gasteiger partial charge in [0.05, 0.1) is 18.2 Å². The zero-order chi connectivity index (χ0) is 12.5. The van der Waals surface area contributed by atoms with Crippen LogP contribution in [0.15, 0.2) is 0 Å². The second-order valence-electron chi connectivity index (χ2n) is 6.09. The van der Waals surface area contributed by atoms with Gasteiger partial charge in [0.15, 0.2) is 0 Å². The minimum atomic E-state index is 0. The van der Waals surface area contributed by atoms with Crippen LogP contribution in [-0.2, 0) is 9.53 Å². The van der Waals surface area contributed by atoms with E-state index in [1.54, 1.807) is 0 Å². The van der Waals surface area contributed by atoms with Crippen LogP contribution in [0, 0.1) is 5.92 Å². The number of amides is 1. The van der Waals surface area contributed by atoms with E-state index in [0.717, 1.165) is 25.4 Å². The Morgan fingerprint density at radius 2 is 2.05 bits per heavy atom. The van der Waals surface area contributed by atoms with Crippen molar-refractivity contribution in [2.75, 3.05) is 6.61 Å². The number of hydrogen-bond acceptors (Lipinski definition) is 3. The fourth-order valence-corrected chi connectivity index (χ4v) is 3.73. The molecule has 5 unspecified atom stereocenters. The predicted octanol–water partition coefficient (Wildman–Crippen LogP) is 1.62. The Bertz CT molecular complexity index is 313. The summed E-state index contributed by atoms with van der Waals surface area (Å²) in [5, 5.41) is 6.68. The van der Waals surface area contributed by atoms with Crippen molar-refractivity contribution in [3.63, 3.8) is 0 Å². The maximum atomic E-state index is 12.3. The van der Waals surface area contributed by atoms with Gasteiger partial charge in [-0.15, -0.1) is 12.4 Å². The van der Waals surface area contributed by atoms with Crippen molar-refractivity contribution in [1.82, 2.24) is 10.6 Å². The van der Waals surface area contributed by atoms with Crippen LogP contribution in [0.25, 0.3) is 0 Å². The number of hydrogen-bond donors (Lipinski definition) is 2. The van der Waals surface area contributed by atoms with E-state index in [1.807, 2.05) is 6.92 Å². The molecule has 3 aliphatic rings. The van der Waals surface area contributed by atoms with Crippen molar-refractivity contribution in [3.8, 4) is 0 Å². The molecule has 2 aliphatic heterocycles. The summed E-state index contributed by atoms with van der Waals surface area (Å²) in [5.41, 5.74) is 0. The van der Waals surface area contributed by atoms with Crippen molar-refractivity contribution in [2.24, 2.45) is 5.92 Å². The van der Waals surface area contributed by atoms with Crippen molar-refractivity contribution >= 4 is 18.3 Å². The molecule has 0 bridgehead atoms. The second-order valence-corrected chi connectivity index (χ2v) is 6.09. The number of fused-ring (bicyclic) bond motifs is 1. The van der Waals surface area contributed by atoms with Gasteiger partial charge in [-0.25, -0.2) is 0 Å². The lowest BCUT2D eigenvalue weighted by Crippen LogP contribution is -2.48. The molecule has 4 nitrogen and oxygen atoms in total. The second kappa shape index (κ2) is 6.42. The SMILES string of the molecule is CC1OCCC1NC(=O)C1CC2CCCCC2N1.Cl. The van der Waals surface area contributed by atoms with E-state index in [0.29, 0.717) is 6.04 Å². The van der Waals surface area contributed by atoms with Crippen LogP contribution in [-0.4, -0.2) is 36.7 Å². The summed E-state index contributed by atoms with van der Waals surface area (Å²) in [4.78, 5) is 12.3. The summed E-state index contributed by atoms with van der Waals surface area (Å²) in [5.74, 6) is 0.915. The van der Waals surface area contributed by atoms with Crippen molar-refractivity contribution < 1.29 is 9.53 Å². The molecule has 3 fully saturated rings. The first-order valence-electron chi connectivity index (χ1n) is 7.42. The summed E-state index contributed by atoms with van der Waals surface area (Å²) in [6.07, 6.45) is 7.34. The van der Waals surface area contributed by atoms with Crippen molar-refractivity contribution in [2.45, 2.75) is 69.7 Å². The van der Waals surface area contributed by atoms with Crippen LogP contribution in [0.4, 0.5) is 0 Å². The maximum Gasteiger partial charge on any atom is 0.237 e. The van der Waals surface area contributed by atoms with Crippen molar-refractivity contribution in [3.05, 3.63) is 0 Å². The van der Waals surface area contributed by atoms with Gasteiger partial charge >= 0.3 is 0 Å². The third-order valence-electron chi connectivity index (χ3n) is 4.88. The monoisotopic (exact) mass is 288 g/mol. The minimum Gasteiger partial charge on any atom is -0.376 e. The lowest BCUT2D eigenvalue weighted by atomic mass is 9.85. The van der Waals surface area contributed by atoms with E-state index in [2.05, 4.69) is 10.6 Å². The quantitative estimate of drug-likeness (QED) is 0.812. The minimum absolute atomic E-state index is 0. The molecule has 0 aromatic heterocycles. The molecule has 19 heavy (non-hydrogen) atoms. The Morgan fingerprint density at radius 1 is 1.26 bits per heavy atom. The number of carbonyl (C=O) groups excluding carboxylic acids is 1. The topological polar surface area (TPSA) is 50.4 Å². The summed E-state index contributed by atoms with van der Waals surface area (Å²) in [6, 6.07) is 0.833. The molecule has 2 heterocycles. The molecule has 0 aromatic rings. The number of carbonyl (C=O) groups is 1. The molecule has 0 aromatic carbocycles. The standard InChI is InChI=1S/C14H24N2O2.ClH/c1-9-11(6-7-18-9)16-14(17)13-8-10-4-2-3-5-12(10)15-13;/h9-13,15H,2-8H2,1H3,(H,16,17);1H. The van der Waals surface area contributed by atoms with Gasteiger partial charge in [-0.2, -0.15) is 0 Å². The van der Waals surface area contributed by atoms with Gasteiger partial charge in [0, 0.05) is 12.6 Å². The highest BCUT2D eigenvalue weighted by Crippen LogP contribution is 2.33. The maximum absolute atomic E-state index is 12.3. The molecule has 3 rings (SSSR count). The Labute approximate surface area is 121 Å². The first-order valence-corrected chi connectivity index (χ1v) is 7.42. The molecule has 1 aliphatic carbocycles. The molecule has 1 saturated carbocycles. The van der Waals surface area contributed by atoms with E-state index in [-0.39, 0.29) is 36.5 Å². The van der Waals surface area contributed by atoms with Gasteiger partial charge in [-0.3, -0.25) is 4.79 Å². The van der Waals surface area contributed by atoms with Gasteiger partial charge in [0.25, 0.3) is 0 Å². The van der Waals surface area contributed by atoms with E-state index in [1.165, 1.54) is 25.7 Å². The third-order valence-corrected chi connectivity index (χ3v) is 4.88. The van der Waals surface area contributed by atoms with Crippen molar-refractivity contribution in [1.29, 1.82) is 0 Å². The number of halogens is 1. The largest absolute Gasteiger partial charge is 0.376 e. The van der Waals surface area contributed by atoms with Crippen LogP contribution >= 0.6 is 12.4 Å². The molecular weight excluding hydrogens is 264 g/mol. The number of nitrogens with one attached hydrogen (secondary N) is 2. The Morgan fingerprint density at radius 3 is 2.74 bits per heavy atom. The van der Waals surface area contributed by atoms with Crippen LogP contribution in [0.3, 0.4) is 0 Å². The van der Waals surface area contributed by atoms with E-state index < -0.39 is 0 Å². The normalized spacial score (nSPS) is 41.4. The van der Waals surface area contributed by atoms with Gasteiger partial charge in [-0.1, -0.05) is 12.8 Å². The fraction of sp³-hybridized carbons (Fsp3) is 0.929. The van der Waals surface area contributed by atoms with Gasteiger partial charge in [-0.05, 0) is 38.5 Å². The molecular formula is C14H25ClN2O2. The molecule has 2 N–H and O–H groups in total. The van der Waals surface area contributed by atoms with Gasteiger partial charge in [0.1, 0.15) is 0 Å². The smallest absolute Gasteiger partial charge is 0.237 e. The highest BCUT2D eigenvalue weighted by Gasteiger charge is 2.39. The highest BCUT2D eigenvalue weighted by molar-refractivity contribution is 5.85. The zero-order valence-electron chi connectivity index (χ0n) is 11.6. The Hall–Kier alpha value is -0.320. The summed E-state index contributed by atoms with van der Waals surface area (Å²) >= 11 is 0. The zero-order valence-corrected chi connectivity index (χ0v) is 12.4. The average Bonchev–Trinajstić information content (AvgIpc) is 2.96. The molecule has 1 amide bonds. The Kier molecular flexibility index (Phi) is 5.09. The van der Waals surface area contributed by atoms with Crippen LogP contribution in [0.5, 0.6) is 0 Å². The fourth-order valence-electron chi connectivity index (χ4n) is 3.73. The molecule has 110 valence electrons. The van der Waals surface area contributed by atoms with Crippen LogP contribution < -0.4 is 10.6 Å². The Balaban J connectivity index is 0.00000133. The van der Waals surface area contributed by atoms with E-state index >= 15 is 0 Å². The number of ether oxygens (including phenoxy) is 1. The number of rotatable bonds is 2. The lowest BCUT2D eigenvalue weighted by Gasteiger charge is -2.24. The summed E-state index contributed by atoms with van der Waals surface area (Å²) < 4.78 is 5.49. The first-order chi connectivity index (χ1) is 8.74. The van der Waals surface area contributed by atoms with E-state index in [9.17, 15) is 4.79 Å². The molecule has 5 heteroatoms. The molecule has 0 spiro atoms. The summed E-state index contributed by atoms with van der Waals surface area (Å²) in [6.45, 7) is 2.81. The molecule has 5 atom stereocenters. The predicted molar refractivity (Wildman–Crippen MR) is 76.5 cm³/mol. The first kappa shape index (κ1) is 15.1. The van der Waals surface area contributed by atoms with Crippen LogP contribution in [0.2, 0.25) is 0 Å². The molecule has 0 radical (unpaired) electrons. The lowest BCUT2D eigenvalue weighted by molar-refractivity contribution is -0.124. The highest BCUT2D eigenvalue weighted by atomic mass is 35.5. The van der Waals surface area contributed by atoms with Gasteiger partial charge in [0.2, 0.25) is 5.91 Å². The van der Waals surface area contributed by atoms with Gasteiger partial charge < -0.3 is 15.4 Å².